The lowest BCUT2D eigenvalue weighted by Gasteiger charge is -2.09. The van der Waals surface area contributed by atoms with Crippen molar-refractivity contribution in [2.45, 2.75) is 28.9 Å². The maximum atomic E-state index is 11.3. The minimum absolute atomic E-state index is 0.00651. The predicted octanol–water partition coefficient (Wildman–Crippen LogP) is 3.77. The fourth-order valence-electron chi connectivity index (χ4n) is 1.07. The van der Waals surface area contributed by atoms with Gasteiger partial charge in [-0.2, -0.15) is 0 Å². The molecule has 0 aliphatic rings. The number of halogens is 2. The average Bonchev–Trinajstić information content (AvgIpc) is 1.99. The summed E-state index contributed by atoms with van der Waals surface area (Å²) in [5, 5.41) is 0.427. The number of hydrogen-bond acceptors (Lipinski definition) is 3. The molecular formula is C9H10Cl2O2S2. The van der Waals surface area contributed by atoms with Crippen molar-refractivity contribution < 1.29 is 8.42 Å². The lowest BCUT2D eigenvalue weighted by molar-refractivity contribution is 0.608. The summed E-state index contributed by atoms with van der Waals surface area (Å²) in [7, 11) is 1.54. The topological polar surface area (TPSA) is 34.1 Å². The first-order valence-electron chi connectivity index (χ1n) is 4.22. The fraction of sp³-hybridized carbons (Fsp3) is 0.333. The molecule has 0 bridgehead atoms. The summed E-state index contributed by atoms with van der Waals surface area (Å²) < 4.78 is 22.6. The zero-order valence-corrected chi connectivity index (χ0v) is 11.3. The highest BCUT2D eigenvalue weighted by Gasteiger charge is 2.20. The summed E-state index contributed by atoms with van der Waals surface area (Å²) in [6.45, 7) is 3.94. The van der Waals surface area contributed by atoms with Gasteiger partial charge in [0, 0.05) is 20.8 Å². The Hall–Kier alpha value is 0.1000. The van der Waals surface area contributed by atoms with Crippen molar-refractivity contribution in [3.63, 3.8) is 0 Å². The van der Waals surface area contributed by atoms with Crippen LogP contribution in [0, 0.1) is 0 Å². The SMILES string of the molecule is CC(C)Sc1cccc(Cl)c1S(=O)(=O)Cl. The first-order valence-corrected chi connectivity index (χ1v) is 7.79. The molecule has 0 aromatic heterocycles. The Balaban J connectivity index is 3.34. The normalized spacial score (nSPS) is 12.1. The summed E-state index contributed by atoms with van der Waals surface area (Å²) in [6, 6.07) is 4.92. The molecule has 0 heterocycles. The molecule has 0 N–H and O–H groups in total. The molecular weight excluding hydrogens is 275 g/mol. The highest BCUT2D eigenvalue weighted by atomic mass is 35.7. The molecule has 1 aromatic carbocycles. The van der Waals surface area contributed by atoms with E-state index in [4.69, 9.17) is 22.3 Å². The summed E-state index contributed by atoms with van der Waals surface area (Å²) in [5.74, 6) is 0. The molecule has 6 heteroatoms. The van der Waals surface area contributed by atoms with Crippen molar-refractivity contribution in [2.24, 2.45) is 0 Å². The molecule has 0 fully saturated rings. The van der Waals surface area contributed by atoms with E-state index in [1.165, 1.54) is 17.8 Å². The van der Waals surface area contributed by atoms with E-state index in [0.717, 1.165) is 0 Å². The van der Waals surface area contributed by atoms with Gasteiger partial charge in [-0.25, -0.2) is 8.42 Å². The quantitative estimate of drug-likeness (QED) is 0.626. The molecule has 15 heavy (non-hydrogen) atoms. The minimum atomic E-state index is -3.79. The Morgan fingerprint density at radius 3 is 2.40 bits per heavy atom. The van der Waals surface area contributed by atoms with Crippen LogP contribution in [0.15, 0.2) is 28.0 Å². The maximum absolute atomic E-state index is 11.3. The van der Waals surface area contributed by atoms with Crippen LogP contribution < -0.4 is 0 Å². The van der Waals surface area contributed by atoms with E-state index in [1.54, 1.807) is 12.1 Å². The molecule has 2 nitrogen and oxygen atoms in total. The van der Waals surface area contributed by atoms with E-state index in [9.17, 15) is 8.42 Å². The van der Waals surface area contributed by atoms with Gasteiger partial charge in [0.1, 0.15) is 4.90 Å². The Morgan fingerprint density at radius 1 is 1.33 bits per heavy atom. The van der Waals surface area contributed by atoms with E-state index in [0.29, 0.717) is 4.90 Å². The lowest BCUT2D eigenvalue weighted by atomic mass is 10.4. The predicted molar refractivity (Wildman–Crippen MR) is 65.5 cm³/mol. The third-order valence-electron chi connectivity index (χ3n) is 1.54. The minimum Gasteiger partial charge on any atom is -0.207 e. The van der Waals surface area contributed by atoms with Crippen LogP contribution in [0.25, 0.3) is 0 Å². The number of hydrogen-bond donors (Lipinski definition) is 0. The molecule has 0 aliphatic heterocycles. The molecule has 0 atom stereocenters. The third-order valence-corrected chi connectivity index (χ3v) is 4.55. The van der Waals surface area contributed by atoms with E-state index in [1.807, 2.05) is 13.8 Å². The fourth-order valence-corrected chi connectivity index (χ4v) is 4.33. The lowest BCUT2D eigenvalue weighted by Crippen LogP contribution is -1.97. The van der Waals surface area contributed by atoms with Gasteiger partial charge in [0.05, 0.1) is 5.02 Å². The van der Waals surface area contributed by atoms with Crippen molar-refractivity contribution in [2.75, 3.05) is 0 Å². The van der Waals surface area contributed by atoms with Crippen LogP contribution in [0.2, 0.25) is 5.02 Å². The molecule has 0 aliphatic carbocycles. The summed E-state index contributed by atoms with van der Waals surface area (Å²) in [6.07, 6.45) is 0. The van der Waals surface area contributed by atoms with Gasteiger partial charge in [-0.15, -0.1) is 11.8 Å². The smallest absolute Gasteiger partial charge is 0.207 e. The molecule has 1 rings (SSSR count). The van der Waals surface area contributed by atoms with Gasteiger partial charge in [0.2, 0.25) is 0 Å². The summed E-state index contributed by atoms with van der Waals surface area (Å²) in [4.78, 5) is 0.597. The molecule has 0 saturated heterocycles. The Kier molecular flexibility index (Phi) is 4.35. The standard InChI is InChI=1S/C9H10Cl2O2S2/c1-6(2)14-8-5-3-4-7(10)9(8)15(11,12)13/h3-6H,1-2H3. The van der Waals surface area contributed by atoms with E-state index >= 15 is 0 Å². The number of rotatable bonds is 3. The molecule has 0 amide bonds. The number of benzene rings is 1. The van der Waals surface area contributed by atoms with Crippen molar-refractivity contribution in [1.29, 1.82) is 0 Å². The summed E-state index contributed by atoms with van der Waals surface area (Å²) in [5.41, 5.74) is 0. The largest absolute Gasteiger partial charge is 0.263 e. The summed E-state index contributed by atoms with van der Waals surface area (Å²) >= 11 is 7.24. The average molecular weight is 285 g/mol. The van der Waals surface area contributed by atoms with Gasteiger partial charge in [0.25, 0.3) is 9.05 Å². The molecule has 0 saturated carbocycles. The highest BCUT2D eigenvalue weighted by molar-refractivity contribution is 8.14. The van der Waals surface area contributed by atoms with E-state index in [2.05, 4.69) is 0 Å². The highest BCUT2D eigenvalue weighted by Crippen LogP contribution is 2.36. The van der Waals surface area contributed by atoms with Crippen LogP contribution in [-0.2, 0) is 9.05 Å². The molecule has 1 aromatic rings. The Bertz CT molecular complexity index is 455. The van der Waals surface area contributed by atoms with Crippen LogP contribution in [0.5, 0.6) is 0 Å². The second-order valence-corrected chi connectivity index (χ2v) is 7.70. The van der Waals surface area contributed by atoms with Gasteiger partial charge in [0.15, 0.2) is 0 Å². The van der Waals surface area contributed by atoms with Gasteiger partial charge < -0.3 is 0 Å². The Morgan fingerprint density at radius 2 is 1.93 bits per heavy atom. The van der Waals surface area contributed by atoms with Gasteiger partial charge in [-0.1, -0.05) is 31.5 Å². The van der Waals surface area contributed by atoms with Crippen LogP contribution in [0.3, 0.4) is 0 Å². The number of thioether (sulfide) groups is 1. The monoisotopic (exact) mass is 284 g/mol. The van der Waals surface area contributed by atoms with Crippen molar-refractivity contribution in [1.82, 2.24) is 0 Å². The van der Waals surface area contributed by atoms with Gasteiger partial charge in [-0.3, -0.25) is 0 Å². The maximum Gasteiger partial charge on any atom is 0.263 e. The van der Waals surface area contributed by atoms with Crippen LogP contribution in [0.4, 0.5) is 0 Å². The molecule has 0 unspecified atom stereocenters. The van der Waals surface area contributed by atoms with E-state index < -0.39 is 9.05 Å². The van der Waals surface area contributed by atoms with Gasteiger partial charge in [-0.05, 0) is 12.1 Å². The van der Waals surface area contributed by atoms with Crippen molar-refractivity contribution >= 4 is 43.1 Å². The van der Waals surface area contributed by atoms with Crippen LogP contribution in [0.1, 0.15) is 13.8 Å². The van der Waals surface area contributed by atoms with Crippen LogP contribution in [-0.4, -0.2) is 13.7 Å². The van der Waals surface area contributed by atoms with Crippen molar-refractivity contribution in [3.05, 3.63) is 23.2 Å². The zero-order chi connectivity index (χ0) is 11.6. The first-order chi connectivity index (χ1) is 6.82. The third kappa shape index (κ3) is 3.55. The molecule has 84 valence electrons. The molecule has 0 spiro atoms. The first kappa shape index (κ1) is 13.2. The molecule has 0 radical (unpaired) electrons. The zero-order valence-electron chi connectivity index (χ0n) is 8.20. The second-order valence-electron chi connectivity index (χ2n) is 3.17. The van der Waals surface area contributed by atoms with Crippen molar-refractivity contribution in [3.8, 4) is 0 Å². The Labute approximate surface area is 103 Å². The van der Waals surface area contributed by atoms with Crippen LogP contribution >= 0.6 is 34.0 Å². The second kappa shape index (κ2) is 4.95. The van der Waals surface area contributed by atoms with Gasteiger partial charge >= 0.3 is 0 Å². The van der Waals surface area contributed by atoms with E-state index in [-0.39, 0.29) is 15.2 Å².